The van der Waals surface area contributed by atoms with Crippen LogP contribution in [0.4, 0.5) is 0 Å². The predicted molar refractivity (Wildman–Crippen MR) is 41.7 cm³/mol. The first-order chi connectivity index (χ1) is 6.04. The Morgan fingerprint density at radius 2 is 2.23 bits per heavy atom. The van der Waals surface area contributed by atoms with Gasteiger partial charge in [0.25, 0.3) is 6.04 Å². The molecule has 0 aromatic heterocycles. The fourth-order valence-corrected chi connectivity index (χ4v) is 1.37. The number of nitro groups is 1. The van der Waals surface area contributed by atoms with Crippen molar-refractivity contribution in [3.63, 3.8) is 0 Å². The number of aliphatic hydroxyl groups excluding tert-OH is 1. The van der Waals surface area contributed by atoms with Gasteiger partial charge in [-0.05, 0) is 6.42 Å². The highest BCUT2D eigenvalue weighted by Gasteiger charge is 2.43. The Morgan fingerprint density at radius 1 is 1.62 bits per heavy atom. The van der Waals surface area contributed by atoms with Crippen molar-refractivity contribution in [3.05, 3.63) is 22.3 Å². The molecule has 1 rings (SSSR count). The maximum Gasteiger partial charge on any atom is 0.313 e. The van der Waals surface area contributed by atoms with E-state index in [0.717, 1.165) is 0 Å². The summed E-state index contributed by atoms with van der Waals surface area (Å²) in [4.78, 5) is 20.3. The van der Waals surface area contributed by atoms with Gasteiger partial charge in [-0.3, -0.25) is 14.9 Å². The standard InChI is InChI=1S/C7H9NO5/c9-5-3-1-2-4(7(10)11)6(5)8(12)13/h1,3-6,9H,2H2,(H,10,11)/t4-,5-,6+/m1/s1. The normalized spacial score (nSPS) is 32.8. The van der Waals surface area contributed by atoms with Crippen molar-refractivity contribution in [2.24, 2.45) is 5.92 Å². The fourth-order valence-electron chi connectivity index (χ4n) is 1.37. The molecule has 6 heteroatoms. The van der Waals surface area contributed by atoms with Gasteiger partial charge in [0.2, 0.25) is 0 Å². The Labute approximate surface area is 73.6 Å². The minimum atomic E-state index is -1.43. The summed E-state index contributed by atoms with van der Waals surface area (Å²) in [5.74, 6) is -2.37. The molecule has 1 aliphatic rings. The van der Waals surface area contributed by atoms with Gasteiger partial charge in [-0.2, -0.15) is 0 Å². The molecule has 13 heavy (non-hydrogen) atoms. The van der Waals surface area contributed by atoms with Crippen LogP contribution in [0.3, 0.4) is 0 Å². The Bertz CT molecular complexity index is 262. The third kappa shape index (κ3) is 1.83. The molecule has 0 fully saturated rings. The summed E-state index contributed by atoms with van der Waals surface area (Å²) >= 11 is 0. The van der Waals surface area contributed by atoms with Gasteiger partial charge in [0, 0.05) is 4.92 Å². The zero-order valence-corrected chi connectivity index (χ0v) is 6.66. The van der Waals surface area contributed by atoms with Crippen molar-refractivity contribution in [3.8, 4) is 0 Å². The highest BCUT2D eigenvalue weighted by atomic mass is 16.6. The summed E-state index contributed by atoms with van der Waals surface area (Å²) < 4.78 is 0. The molecule has 72 valence electrons. The van der Waals surface area contributed by atoms with E-state index in [9.17, 15) is 14.9 Å². The molecule has 3 atom stereocenters. The quantitative estimate of drug-likeness (QED) is 0.349. The summed E-state index contributed by atoms with van der Waals surface area (Å²) in [5.41, 5.74) is 0. The molecule has 0 saturated carbocycles. The van der Waals surface area contributed by atoms with Crippen LogP contribution < -0.4 is 0 Å². The molecule has 0 saturated heterocycles. The number of aliphatic carboxylic acids is 1. The molecule has 0 bridgehead atoms. The van der Waals surface area contributed by atoms with E-state index >= 15 is 0 Å². The van der Waals surface area contributed by atoms with Gasteiger partial charge in [-0.1, -0.05) is 12.2 Å². The fraction of sp³-hybridized carbons (Fsp3) is 0.571. The SMILES string of the molecule is O=C(O)[C@@H]1CC=C[C@@H](O)[C@H]1[N+](=O)[O-]. The summed E-state index contributed by atoms with van der Waals surface area (Å²) in [6, 6.07) is -1.43. The molecule has 6 nitrogen and oxygen atoms in total. The Balaban J connectivity index is 2.89. The highest BCUT2D eigenvalue weighted by molar-refractivity contribution is 5.71. The van der Waals surface area contributed by atoms with Crippen molar-refractivity contribution >= 4 is 5.97 Å². The van der Waals surface area contributed by atoms with E-state index in [0.29, 0.717) is 0 Å². The number of hydrogen-bond acceptors (Lipinski definition) is 4. The van der Waals surface area contributed by atoms with Crippen molar-refractivity contribution in [1.82, 2.24) is 0 Å². The average molecular weight is 187 g/mol. The largest absolute Gasteiger partial charge is 0.481 e. The minimum absolute atomic E-state index is 0.0953. The summed E-state index contributed by atoms with van der Waals surface area (Å²) in [6.45, 7) is 0. The topological polar surface area (TPSA) is 101 Å². The van der Waals surface area contributed by atoms with Crippen LogP contribution in [0, 0.1) is 16.0 Å². The van der Waals surface area contributed by atoms with Gasteiger partial charge in [-0.25, -0.2) is 0 Å². The second-order valence-corrected chi connectivity index (χ2v) is 2.88. The van der Waals surface area contributed by atoms with Crippen molar-refractivity contribution in [2.45, 2.75) is 18.6 Å². The van der Waals surface area contributed by atoms with E-state index in [1.165, 1.54) is 12.2 Å². The molecule has 0 amide bonds. The minimum Gasteiger partial charge on any atom is -0.481 e. The molecular formula is C7H9NO5. The lowest BCUT2D eigenvalue weighted by molar-refractivity contribution is -0.539. The molecule has 0 unspecified atom stereocenters. The molecule has 0 aliphatic heterocycles. The van der Waals surface area contributed by atoms with Crippen LogP contribution >= 0.6 is 0 Å². The van der Waals surface area contributed by atoms with Crippen LogP contribution in [0.25, 0.3) is 0 Å². The highest BCUT2D eigenvalue weighted by Crippen LogP contribution is 2.22. The van der Waals surface area contributed by atoms with Gasteiger partial charge in [0.1, 0.15) is 12.0 Å². The first-order valence-electron chi connectivity index (χ1n) is 3.75. The number of rotatable bonds is 2. The van der Waals surface area contributed by atoms with Crippen LogP contribution in [0.15, 0.2) is 12.2 Å². The first kappa shape index (κ1) is 9.66. The average Bonchev–Trinajstić information content (AvgIpc) is 2.02. The number of nitrogens with zero attached hydrogens (tertiary/aromatic N) is 1. The maximum atomic E-state index is 10.6. The Morgan fingerprint density at radius 3 is 2.62 bits per heavy atom. The Hall–Kier alpha value is -1.43. The van der Waals surface area contributed by atoms with E-state index in [-0.39, 0.29) is 6.42 Å². The Kier molecular flexibility index (Phi) is 2.62. The van der Waals surface area contributed by atoms with Crippen LogP contribution in [0.1, 0.15) is 6.42 Å². The summed E-state index contributed by atoms with van der Waals surface area (Å²) in [6.07, 6.45) is 1.50. The second kappa shape index (κ2) is 3.53. The smallest absolute Gasteiger partial charge is 0.313 e. The number of aliphatic hydroxyl groups is 1. The van der Waals surface area contributed by atoms with Crippen molar-refractivity contribution in [2.75, 3.05) is 0 Å². The molecule has 0 aromatic rings. The predicted octanol–water partition coefficient (Wildman–Crippen LogP) is -0.347. The molecule has 0 heterocycles. The van der Waals surface area contributed by atoms with Crippen LogP contribution in [-0.2, 0) is 4.79 Å². The van der Waals surface area contributed by atoms with E-state index in [2.05, 4.69) is 0 Å². The lowest BCUT2D eigenvalue weighted by atomic mass is 9.88. The lowest BCUT2D eigenvalue weighted by Crippen LogP contribution is -2.44. The van der Waals surface area contributed by atoms with Gasteiger partial charge >= 0.3 is 5.97 Å². The number of hydrogen-bond donors (Lipinski definition) is 2. The molecule has 2 N–H and O–H groups in total. The molecule has 0 radical (unpaired) electrons. The number of carbonyl (C=O) groups is 1. The van der Waals surface area contributed by atoms with Crippen LogP contribution in [0.2, 0.25) is 0 Å². The van der Waals surface area contributed by atoms with E-state index < -0.39 is 29.0 Å². The number of allylic oxidation sites excluding steroid dienone is 1. The molecule has 0 spiro atoms. The van der Waals surface area contributed by atoms with Gasteiger partial charge in [0.05, 0.1) is 0 Å². The third-order valence-electron chi connectivity index (χ3n) is 2.05. The molecule has 1 aliphatic carbocycles. The number of carboxylic acid groups (broad SMARTS) is 1. The lowest BCUT2D eigenvalue weighted by Gasteiger charge is -2.22. The molecular weight excluding hydrogens is 178 g/mol. The monoisotopic (exact) mass is 187 g/mol. The first-order valence-corrected chi connectivity index (χ1v) is 3.75. The van der Waals surface area contributed by atoms with E-state index in [1.807, 2.05) is 0 Å². The van der Waals surface area contributed by atoms with E-state index in [4.69, 9.17) is 10.2 Å². The van der Waals surface area contributed by atoms with Gasteiger partial charge in [-0.15, -0.1) is 0 Å². The van der Waals surface area contributed by atoms with Crippen molar-refractivity contribution in [1.29, 1.82) is 0 Å². The van der Waals surface area contributed by atoms with Gasteiger partial charge < -0.3 is 10.2 Å². The van der Waals surface area contributed by atoms with Crippen LogP contribution in [-0.4, -0.2) is 33.3 Å². The zero-order chi connectivity index (χ0) is 10.0. The zero-order valence-electron chi connectivity index (χ0n) is 6.66. The number of carboxylic acids is 1. The van der Waals surface area contributed by atoms with Crippen molar-refractivity contribution < 1.29 is 19.9 Å². The van der Waals surface area contributed by atoms with Gasteiger partial charge in [0.15, 0.2) is 0 Å². The third-order valence-corrected chi connectivity index (χ3v) is 2.05. The van der Waals surface area contributed by atoms with E-state index in [1.54, 1.807) is 0 Å². The maximum absolute atomic E-state index is 10.6. The second-order valence-electron chi connectivity index (χ2n) is 2.88. The molecule has 0 aromatic carbocycles. The summed E-state index contributed by atoms with van der Waals surface area (Å²) in [7, 11) is 0. The summed E-state index contributed by atoms with van der Waals surface area (Å²) in [5, 5.41) is 28.2. The van der Waals surface area contributed by atoms with Crippen LogP contribution in [0.5, 0.6) is 0 Å².